The van der Waals surface area contributed by atoms with E-state index in [1.165, 1.54) is 25.7 Å². The van der Waals surface area contributed by atoms with Gasteiger partial charge in [0.15, 0.2) is 18.1 Å². The smallest absolute Gasteiger partial charge is 0.338 e. The number of halogens is 1. The standard InChI is InChI=1S/C19H26ClNO5/c1-4-25-18-14(20)9-13(10-16(18)24-3)19(23)26-11-17(22)21-15-8-6-5-7-12(15)2/h9-10,12,15H,4-8,11H2,1-3H3,(H,21,22)/t12-,15-/m1/s1. The number of carbonyl (C=O) groups excluding carboxylic acids is 2. The highest BCUT2D eigenvalue weighted by Crippen LogP contribution is 2.36. The maximum atomic E-state index is 12.2. The van der Waals surface area contributed by atoms with E-state index in [0.717, 1.165) is 19.3 Å². The maximum absolute atomic E-state index is 12.2. The predicted molar refractivity (Wildman–Crippen MR) is 99.0 cm³/mol. The van der Waals surface area contributed by atoms with Crippen molar-refractivity contribution in [3.05, 3.63) is 22.7 Å². The fraction of sp³-hybridized carbons (Fsp3) is 0.579. The molecule has 0 aromatic heterocycles. The number of carbonyl (C=O) groups is 2. The first-order chi connectivity index (χ1) is 12.5. The molecule has 0 bridgehead atoms. The van der Waals surface area contributed by atoms with Crippen LogP contribution in [0.5, 0.6) is 11.5 Å². The Bertz CT molecular complexity index is 649. The Labute approximate surface area is 159 Å². The first-order valence-corrected chi connectivity index (χ1v) is 9.30. The van der Waals surface area contributed by atoms with Crippen LogP contribution in [0.4, 0.5) is 0 Å². The Morgan fingerprint density at radius 1 is 1.27 bits per heavy atom. The maximum Gasteiger partial charge on any atom is 0.338 e. The number of esters is 1. The molecule has 6 nitrogen and oxygen atoms in total. The molecule has 0 aliphatic heterocycles. The zero-order valence-corrected chi connectivity index (χ0v) is 16.2. The molecule has 0 heterocycles. The largest absolute Gasteiger partial charge is 0.493 e. The zero-order chi connectivity index (χ0) is 19.1. The number of ether oxygens (including phenoxy) is 3. The molecule has 0 spiro atoms. The second-order valence-electron chi connectivity index (χ2n) is 6.43. The normalized spacial score (nSPS) is 19.5. The molecule has 1 aliphatic rings. The van der Waals surface area contributed by atoms with Gasteiger partial charge in [-0.15, -0.1) is 0 Å². The summed E-state index contributed by atoms with van der Waals surface area (Å²) in [5.74, 6) is 0.225. The van der Waals surface area contributed by atoms with Crippen LogP contribution >= 0.6 is 11.6 Å². The number of hydrogen-bond acceptors (Lipinski definition) is 5. The van der Waals surface area contributed by atoms with Gasteiger partial charge in [0.05, 0.1) is 24.3 Å². The van der Waals surface area contributed by atoms with Crippen molar-refractivity contribution in [2.45, 2.75) is 45.6 Å². The van der Waals surface area contributed by atoms with Gasteiger partial charge >= 0.3 is 5.97 Å². The van der Waals surface area contributed by atoms with E-state index in [1.807, 2.05) is 6.92 Å². The fourth-order valence-corrected chi connectivity index (χ4v) is 3.38. The number of amides is 1. The molecule has 7 heteroatoms. The average molecular weight is 384 g/mol. The Kier molecular flexibility index (Phi) is 7.57. The van der Waals surface area contributed by atoms with Crippen LogP contribution in [0.1, 0.15) is 49.9 Å². The van der Waals surface area contributed by atoms with Crippen molar-refractivity contribution in [2.24, 2.45) is 5.92 Å². The third kappa shape index (κ3) is 5.27. The summed E-state index contributed by atoms with van der Waals surface area (Å²) in [7, 11) is 1.46. The monoisotopic (exact) mass is 383 g/mol. The zero-order valence-electron chi connectivity index (χ0n) is 15.5. The van der Waals surface area contributed by atoms with Gasteiger partial charge in [-0.2, -0.15) is 0 Å². The van der Waals surface area contributed by atoms with Crippen molar-refractivity contribution in [1.82, 2.24) is 5.32 Å². The Morgan fingerprint density at radius 3 is 2.65 bits per heavy atom. The van der Waals surface area contributed by atoms with E-state index in [-0.39, 0.29) is 29.1 Å². The summed E-state index contributed by atoms with van der Waals surface area (Å²) in [4.78, 5) is 24.3. The van der Waals surface area contributed by atoms with Gasteiger partial charge in [-0.1, -0.05) is 31.4 Å². The van der Waals surface area contributed by atoms with E-state index >= 15 is 0 Å². The Balaban J connectivity index is 1.94. The van der Waals surface area contributed by atoms with Gasteiger partial charge in [0.1, 0.15) is 0 Å². The fourth-order valence-electron chi connectivity index (χ4n) is 3.12. The molecular formula is C19H26ClNO5. The molecule has 1 N–H and O–H groups in total. The van der Waals surface area contributed by atoms with Crippen molar-refractivity contribution in [3.63, 3.8) is 0 Å². The van der Waals surface area contributed by atoms with E-state index in [1.54, 1.807) is 0 Å². The van der Waals surface area contributed by atoms with Crippen molar-refractivity contribution in [2.75, 3.05) is 20.3 Å². The third-order valence-electron chi connectivity index (χ3n) is 4.55. The van der Waals surface area contributed by atoms with Gasteiger partial charge in [-0.25, -0.2) is 4.79 Å². The number of nitrogens with one attached hydrogen (secondary N) is 1. The van der Waals surface area contributed by atoms with Gasteiger partial charge in [0.2, 0.25) is 0 Å². The molecule has 1 fully saturated rings. The number of methoxy groups -OCH3 is 1. The molecule has 1 amide bonds. The third-order valence-corrected chi connectivity index (χ3v) is 4.83. The average Bonchev–Trinajstić information content (AvgIpc) is 2.63. The summed E-state index contributed by atoms with van der Waals surface area (Å²) in [5.41, 5.74) is 0.203. The second-order valence-corrected chi connectivity index (χ2v) is 6.84. The summed E-state index contributed by atoms with van der Waals surface area (Å²) in [6.07, 6.45) is 4.38. The highest BCUT2D eigenvalue weighted by molar-refractivity contribution is 6.32. The molecule has 0 radical (unpaired) electrons. The minimum atomic E-state index is -0.639. The van der Waals surface area contributed by atoms with Gasteiger partial charge in [0.25, 0.3) is 5.91 Å². The van der Waals surface area contributed by atoms with Crippen LogP contribution in [-0.4, -0.2) is 38.2 Å². The van der Waals surface area contributed by atoms with E-state index in [2.05, 4.69) is 12.2 Å². The summed E-state index contributed by atoms with van der Waals surface area (Å²) in [5, 5.41) is 3.20. The summed E-state index contributed by atoms with van der Waals surface area (Å²) in [6.45, 7) is 4.04. The number of rotatable bonds is 7. The molecule has 1 aliphatic carbocycles. The topological polar surface area (TPSA) is 73.9 Å². The minimum absolute atomic E-state index is 0.148. The second kappa shape index (κ2) is 9.67. The lowest BCUT2D eigenvalue weighted by atomic mass is 9.86. The van der Waals surface area contributed by atoms with Crippen LogP contribution in [-0.2, 0) is 9.53 Å². The van der Waals surface area contributed by atoms with Gasteiger partial charge in [-0.3, -0.25) is 4.79 Å². The summed E-state index contributed by atoms with van der Waals surface area (Å²) >= 11 is 6.15. The first-order valence-electron chi connectivity index (χ1n) is 8.93. The van der Waals surface area contributed by atoms with E-state index in [9.17, 15) is 9.59 Å². The highest BCUT2D eigenvalue weighted by atomic mass is 35.5. The summed E-state index contributed by atoms with van der Waals surface area (Å²) in [6, 6.07) is 3.08. The van der Waals surface area contributed by atoms with Crippen LogP contribution in [0.2, 0.25) is 5.02 Å². The van der Waals surface area contributed by atoms with E-state index in [4.69, 9.17) is 25.8 Å². The first kappa shape index (κ1) is 20.4. The number of hydrogen-bond donors (Lipinski definition) is 1. The van der Waals surface area contributed by atoms with E-state index in [0.29, 0.717) is 24.0 Å². The lowest BCUT2D eigenvalue weighted by Gasteiger charge is -2.29. The minimum Gasteiger partial charge on any atom is -0.493 e. The molecule has 1 aromatic rings. The molecule has 0 saturated heterocycles. The summed E-state index contributed by atoms with van der Waals surface area (Å²) < 4.78 is 15.7. The molecule has 144 valence electrons. The van der Waals surface area contributed by atoms with Gasteiger partial charge in [0, 0.05) is 6.04 Å². The van der Waals surface area contributed by atoms with Crippen molar-refractivity contribution >= 4 is 23.5 Å². The molecular weight excluding hydrogens is 358 g/mol. The predicted octanol–water partition coefficient (Wildman–Crippen LogP) is 3.60. The molecule has 0 unspecified atom stereocenters. The van der Waals surface area contributed by atoms with E-state index < -0.39 is 5.97 Å². The molecule has 1 saturated carbocycles. The Morgan fingerprint density at radius 2 is 2.00 bits per heavy atom. The Hall–Kier alpha value is -1.95. The van der Waals surface area contributed by atoms with Crippen LogP contribution in [0.25, 0.3) is 0 Å². The lowest BCUT2D eigenvalue weighted by Crippen LogP contribution is -2.42. The van der Waals surface area contributed by atoms with Crippen LogP contribution in [0, 0.1) is 5.92 Å². The molecule has 26 heavy (non-hydrogen) atoms. The quantitative estimate of drug-likeness (QED) is 0.728. The van der Waals surface area contributed by atoms with Crippen LogP contribution < -0.4 is 14.8 Å². The van der Waals surface area contributed by atoms with Crippen molar-refractivity contribution < 1.29 is 23.8 Å². The lowest BCUT2D eigenvalue weighted by molar-refractivity contribution is -0.125. The van der Waals surface area contributed by atoms with Crippen molar-refractivity contribution in [3.8, 4) is 11.5 Å². The van der Waals surface area contributed by atoms with Gasteiger partial charge in [-0.05, 0) is 37.8 Å². The molecule has 2 rings (SSSR count). The SMILES string of the molecule is CCOc1c(Cl)cc(C(=O)OCC(=O)N[C@@H]2CCCC[C@H]2C)cc1OC. The molecule has 2 atom stereocenters. The van der Waals surface area contributed by atoms with Crippen LogP contribution in [0.3, 0.4) is 0 Å². The van der Waals surface area contributed by atoms with Gasteiger partial charge < -0.3 is 19.5 Å². The van der Waals surface area contributed by atoms with Crippen molar-refractivity contribution in [1.29, 1.82) is 0 Å². The van der Waals surface area contributed by atoms with Crippen LogP contribution in [0.15, 0.2) is 12.1 Å². The highest BCUT2D eigenvalue weighted by Gasteiger charge is 2.23. The molecule has 1 aromatic carbocycles. The number of benzene rings is 1.